The first-order valence-electron chi connectivity index (χ1n) is 5.38. The molecule has 0 spiro atoms. The third kappa shape index (κ3) is 4.09. The van der Waals surface area contributed by atoms with Crippen LogP contribution in [-0.4, -0.2) is 6.04 Å². The zero-order valence-electron chi connectivity index (χ0n) is 9.33. The summed E-state index contributed by atoms with van der Waals surface area (Å²) < 4.78 is 1.28. The van der Waals surface area contributed by atoms with Gasteiger partial charge in [0.05, 0.1) is 0 Å². The molecule has 0 aliphatic rings. The van der Waals surface area contributed by atoms with Crippen molar-refractivity contribution in [2.24, 2.45) is 11.8 Å². The number of nitrogens with two attached hydrogens (primary N) is 1. The van der Waals surface area contributed by atoms with Crippen molar-refractivity contribution in [1.29, 1.82) is 0 Å². The zero-order chi connectivity index (χ0) is 11.3. The fourth-order valence-corrected chi connectivity index (χ4v) is 1.94. The van der Waals surface area contributed by atoms with Crippen molar-refractivity contribution in [3.8, 4) is 0 Å². The van der Waals surface area contributed by atoms with E-state index < -0.39 is 0 Å². The Kier molecular flexibility index (Phi) is 5.56. The van der Waals surface area contributed by atoms with Crippen LogP contribution >= 0.6 is 22.6 Å². The lowest BCUT2D eigenvalue weighted by Gasteiger charge is -2.22. The normalized spacial score (nSPS) is 14.9. The Bertz CT molecular complexity index is 284. The van der Waals surface area contributed by atoms with Crippen molar-refractivity contribution >= 4 is 22.6 Å². The first-order chi connectivity index (χ1) is 7.17. The highest BCUT2D eigenvalue weighted by Gasteiger charge is 2.14. The number of hydrogen-bond donors (Lipinski definition) is 2. The minimum Gasteiger partial charge on any atom is -0.271 e. The maximum absolute atomic E-state index is 5.58. The van der Waals surface area contributed by atoms with Crippen LogP contribution in [0.4, 0.5) is 0 Å². The van der Waals surface area contributed by atoms with Gasteiger partial charge in [0.15, 0.2) is 0 Å². The van der Waals surface area contributed by atoms with Crippen LogP contribution in [0.2, 0.25) is 0 Å². The molecule has 1 rings (SSSR count). The molecule has 1 aromatic carbocycles. The molecule has 0 aliphatic carbocycles. The predicted octanol–water partition coefficient (Wildman–Crippen LogP) is 2.71. The van der Waals surface area contributed by atoms with Crippen LogP contribution in [0.1, 0.15) is 25.8 Å². The van der Waals surface area contributed by atoms with Crippen molar-refractivity contribution in [2.75, 3.05) is 0 Å². The number of nitrogens with one attached hydrogen (secondary N) is 1. The largest absolute Gasteiger partial charge is 0.271 e. The van der Waals surface area contributed by atoms with Gasteiger partial charge in [-0.3, -0.25) is 11.3 Å². The molecule has 1 aromatic rings. The van der Waals surface area contributed by atoms with Gasteiger partial charge in [0.1, 0.15) is 0 Å². The molecular formula is C12H19IN2. The Morgan fingerprint density at radius 3 is 2.40 bits per heavy atom. The molecule has 84 valence electrons. The van der Waals surface area contributed by atoms with E-state index in [9.17, 15) is 0 Å². The molecule has 0 fully saturated rings. The summed E-state index contributed by atoms with van der Waals surface area (Å²) in [4.78, 5) is 0. The van der Waals surface area contributed by atoms with Crippen LogP contribution in [0.25, 0.3) is 0 Å². The lowest BCUT2D eigenvalue weighted by molar-refractivity contribution is 0.370. The van der Waals surface area contributed by atoms with Gasteiger partial charge in [0.2, 0.25) is 0 Å². The maximum Gasteiger partial charge on any atom is 0.0276 e. The molecule has 0 aliphatic heterocycles. The molecule has 15 heavy (non-hydrogen) atoms. The van der Waals surface area contributed by atoms with Crippen LogP contribution in [0.3, 0.4) is 0 Å². The smallest absolute Gasteiger partial charge is 0.0276 e. The second-order valence-corrected chi connectivity index (χ2v) is 5.23. The Morgan fingerprint density at radius 1 is 1.33 bits per heavy atom. The van der Waals surface area contributed by atoms with E-state index in [4.69, 9.17) is 5.84 Å². The molecule has 3 heteroatoms. The Morgan fingerprint density at radius 2 is 1.93 bits per heavy atom. The standard InChI is InChI=1S/C12H19IN2/c1-3-9(2)12(15-14)8-10-4-6-11(13)7-5-10/h4-7,9,12,15H,3,8,14H2,1-2H3. The lowest BCUT2D eigenvalue weighted by atomic mass is 9.94. The van der Waals surface area contributed by atoms with Gasteiger partial charge in [0.25, 0.3) is 0 Å². The van der Waals surface area contributed by atoms with E-state index in [1.165, 1.54) is 9.13 Å². The van der Waals surface area contributed by atoms with E-state index in [1.54, 1.807) is 0 Å². The van der Waals surface area contributed by atoms with E-state index in [0.29, 0.717) is 12.0 Å². The topological polar surface area (TPSA) is 38.0 Å². The summed E-state index contributed by atoms with van der Waals surface area (Å²) in [5, 5.41) is 0. The summed E-state index contributed by atoms with van der Waals surface area (Å²) in [5.41, 5.74) is 4.26. The van der Waals surface area contributed by atoms with Crippen molar-refractivity contribution in [3.05, 3.63) is 33.4 Å². The summed E-state index contributed by atoms with van der Waals surface area (Å²) in [6.45, 7) is 4.43. The molecule has 3 N–H and O–H groups in total. The van der Waals surface area contributed by atoms with E-state index >= 15 is 0 Å². The van der Waals surface area contributed by atoms with Crippen LogP contribution in [0.5, 0.6) is 0 Å². The SMILES string of the molecule is CCC(C)C(Cc1ccc(I)cc1)NN. The predicted molar refractivity (Wildman–Crippen MR) is 73.4 cm³/mol. The summed E-state index contributed by atoms with van der Waals surface area (Å²) in [5.74, 6) is 6.18. The number of hydrazine groups is 1. The summed E-state index contributed by atoms with van der Waals surface area (Å²) >= 11 is 2.32. The quantitative estimate of drug-likeness (QED) is 0.498. The molecule has 0 saturated carbocycles. The monoisotopic (exact) mass is 318 g/mol. The van der Waals surface area contributed by atoms with E-state index in [-0.39, 0.29) is 0 Å². The van der Waals surface area contributed by atoms with Crippen molar-refractivity contribution in [3.63, 3.8) is 0 Å². The number of halogens is 1. The van der Waals surface area contributed by atoms with Crippen LogP contribution in [0.15, 0.2) is 24.3 Å². The highest BCUT2D eigenvalue weighted by Crippen LogP contribution is 2.14. The minimum absolute atomic E-state index is 0.370. The summed E-state index contributed by atoms with van der Waals surface area (Å²) in [6, 6.07) is 9.00. The molecule has 0 bridgehead atoms. The third-order valence-corrected chi connectivity index (χ3v) is 3.63. The fourth-order valence-electron chi connectivity index (χ4n) is 1.58. The van der Waals surface area contributed by atoms with Gasteiger partial charge in [-0.15, -0.1) is 0 Å². The first-order valence-corrected chi connectivity index (χ1v) is 6.45. The molecule has 2 nitrogen and oxygen atoms in total. The van der Waals surface area contributed by atoms with Gasteiger partial charge in [-0.1, -0.05) is 32.4 Å². The van der Waals surface area contributed by atoms with E-state index in [0.717, 1.165) is 12.8 Å². The van der Waals surface area contributed by atoms with Gasteiger partial charge >= 0.3 is 0 Å². The average Bonchev–Trinajstić information content (AvgIpc) is 2.27. The minimum atomic E-state index is 0.370. The lowest BCUT2D eigenvalue weighted by Crippen LogP contribution is -2.41. The second-order valence-electron chi connectivity index (χ2n) is 3.99. The molecule has 0 amide bonds. The highest BCUT2D eigenvalue weighted by atomic mass is 127. The molecule has 0 aromatic heterocycles. The fraction of sp³-hybridized carbons (Fsp3) is 0.500. The average molecular weight is 318 g/mol. The Balaban J connectivity index is 2.62. The molecular weight excluding hydrogens is 299 g/mol. The van der Waals surface area contributed by atoms with Crippen LogP contribution in [0, 0.1) is 9.49 Å². The Labute approximate surface area is 106 Å². The third-order valence-electron chi connectivity index (χ3n) is 2.91. The van der Waals surface area contributed by atoms with E-state index in [2.05, 4.69) is 66.1 Å². The van der Waals surface area contributed by atoms with Gasteiger partial charge < -0.3 is 0 Å². The van der Waals surface area contributed by atoms with Gasteiger partial charge in [-0.25, -0.2) is 0 Å². The molecule has 0 radical (unpaired) electrons. The van der Waals surface area contributed by atoms with Crippen LogP contribution < -0.4 is 11.3 Å². The number of hydrogen-bond acceptors (Lipinski definition) is 2. The van der Waals surface area contributed by atoms with Gasteiger partial charge in [-0.05, 0) is 52.6 Å². The van der Waals surface area contributed by atoms with Crippen molar-refractivity contribution in [2.45, 2.75) is 32.7 Å². The van der Waals surface area contributed by atoms with E-state index in [1.807, 2.05) is 0 Å². The first kappa shape index (κ1) is 12.9. The zero-order valence-corrected chi connectivity index (χ0v) is 11.5. The molecule has 2 unspecified atom stereocenters. The van der Waals surface area contributed by atoms with Crippen molar-refractivity contribution in [1.82, 2.24) is 5.43 Å². The highest BCUT2D eigenvalue weighted by molar-refractivity contribution is 14.1. The van der Waals surface area contributed by atoms with Crippen LogP contribution in [-0.2, 0) is 6.42 Å². The van der Waals surface area contributed by atoms with Crippen molar-refractivity contribution < 1.29 is 0 Å². The Hall–Kier alpha value is -0.130. The number of rotatable bonds is 5. The second kappa shape index (κ2) is 6.45. The molecule has 2 atom stereocenters. The summed E-state index contributed by atoms with van der Waals surface area (Å²) in [6.07, 6.45) is 2.15. The maximum atomic E-state index is 5.58. The molecule has 0 heterocycles. The number of benzene rings is 1. The molecule has 0 saturated heterocycles. The van der Waals surface area contributed by atoms with Gasteiger partial charge in [-0.2, -0.15) is 0 Å². The van der Waals surface area contributed by atoms with Gasteiger partial charge in [0, 0.05) is 9.61 Å². The summed E-state index contributed by atoms with van der Waals surface area (Å²) in [7, 11) is 0.